The number of carbonyl (C=O) groups is 2. The summed E-state index contributed by atoms with van der Waals surface area (Å²) < 4.78 is 5.31. The van der Waals surface area contributed by atoms with Gasteiger partial charge in [-0.3, -0.25) is 9.59 Å². The van der Waals surface area contributed by atoms with Crippen LogP contribution in [0.15, 0.2) is 54.6 Å². The lowest BCUT2D eigenvalue weighted by Gasteiger charge is -2.23. The van der Waals surface area contributed by atoms with Crippen LogP contribution < -0.4 is 15.4 Å². The number of methoxy groups -OCH3 is 1. The third-order valence-corrected chi connectivity index (χ3v) is 4.55. The van der Waals surface area contributed by atoms with Crippen LogP contribution in [0.5, 0.6) is 5.75 Å². The second-order valence-corrected chi connectivity index (χ2v) is 6.93. The van der Waals surface area contributed by atoms with Gasteiger partial charge in [0.25, 0.3) is 0 Å². The molecule has 0 aliphatic heterocycles. The first-order valence-corrected chi connectivity index (χ1v) is 9.17. The summed E-state index contributed by atoms with van der Waals surface area (Å²) in [5.41, 5.74) is 1.04. The molecule has 0 bridgehead atoms. The predicted octanol–water partition coefficient (Wildman–Crippen LogP) is 2.74. The minimum absolute atomic E-state index is 0.270. The molecule has 0 aliphatic carbocycles. The molecular weight excluding hydrogens is 340 g/mol. The van der Waals surface area contributed by atoms with Gasteiger partial charge in [0.05, 0.1) is 7.11 Å². The quantitative estimate of drug-likeness (QED) is 0.669. The average Bonchev–Trinajstić information content (AvgIpc) is 2.68. The number of hydrogen-bond acceptors (Lipinski definition) is 3. The number of nitrogens with one attached hydrogen (secondary N) is 2. The van der Waals surface area contributed by atoms with Crippen molar-refractivity contribution in [3.63, 3.8) is 0 Å². The number of benzene rings is 2. The van der Waals surface area contributed by atoms with Crippen molar-refractivity contribution < 1.29 is 14.3 Å². The second kappa shape index (κ2) is 9.76. The summed E-state index contributed by atoms with van der Waals surface area (Å²) in [6, 6.07) is 17.6. The Hall–Kier alpha value is -2.82. The van der Waals surface area contributed by atoms with E-state index >= 15 is 0 Å². The summed E-state index contributed by atoms with van der Waals surface area (Å²) in [7, 11) is 1.63. The van der Waals surface area contributed by atoms with E-state index in [1.807, 2.05) is 54.6 Å². The maximum Gasteiger partial charge on any atom is 0.235 e. The monoisotopic (exact) mass is 368 g/mol. The van der Waals surface area contributed by atoms with Crippen molar-refractivity contribution in [2.75, 3.05) is 20.2 Å². The van der Waals surface area contributed by atoms with Gasteiger partial charge in [0, 0.05) is 13.1 Å². The van der Waals surface area contributed by atoms with E-state index in [2.05, 4.69) is 10.6 Å². The molecule has 0 heterocycles. The van der Waals surface area contributed by atoms with Gasteiger partial charge in [-0.25, -0.2) is 0 Å². The number of hydrogen-bond donors (Lipinski definition) is 2. The van der Waals surface area contributed by atoms with Crippen LogP contribution in [0.3, 0.4) is 0 Å². The Labute approximate surface area is 161 Å². The highest BCUT2D eigenvalue weighted by Gasteiger charge is 2.35. The number of ether oxygens (including phenoxy) is 1. The minimum Gasteiger partial charge on any atom is -0.496 e. The number of carbonyl (C=O) groups excluding carboxylic acids is 2. The van der Waals surface area contributed by atoms with Crippen molar-refractivity contribution in [3.8, 4) is 5.75 Å². The lowest BCUT2D eigenvalue weighted by molar-refractivity contribution is -0.141. The van der Waals surface area contributed by atoms with Crippen LogP contribution in [0.1, 0.15) is 25.0 Å². The van der Waals surface area contributed by atoms with Crippen LogP contribution in [0, 0.1) is 5.41 Å². The van der Waals surface area contributed by atoms with Crippen LogP contribution in [-0.4, -0.2) is 32.0 Å². The van der Waals surface area contributed by atoms with Gasteiger partial charge in [-0.05, 0) is 43.9 Å². The van der Waals surface area contributed by atoms with Crippen molar-refractivity contribution in [3.05, 3.63) is 65.7 Å². The van der Waals surface area contributed by atoms with Gasteiger partial charge in [0.2, 0.25) is 11.8 Å². The van der Waals surface area contributed by atoms with E-state index in [0.29, 0.717) is 19.5 Å². The maximum absolute atomic E-state index is 12.5. The molecule has 2 aromatic carbocycles. The van der Waals surface area contributed by atoms with E-state index in [1.165, 1.54) is 0 Å². The molecular formula is C22H28N2O3. The first kappa shape index (κ1) is 20.5. The van der Waals surface area contributed by atoms with Crippen LogP contribution in [-0.2, 0) is 22.4 Å². The highest BCUT2D eigenvalue weighted by molar-refractivity contribution is 6.04. The van der Waals surface area contributed by atoms with Crippen molar-refractivity contribution in [1.82, 2.24) is 10.6 Å². The molecule has 0 saturated heterocycles. The molecule has 0 unspecified atom stereocenters. The fourth-order valence-electron chi connectivity index (χ4n) is 2.73. The van der Waals surface area contributed by atoms with E-state index in [9.17, 15) is 9.59 Å². The molecule has 144 valence electrons. The van der Waals surface area contributed by atoms with E-state index in [-0.39, 0.29) is 11.8 Å². The third kappa shape index (κ3) is 5.84. The summed E-state index contributed by atoms with van der Waals surface area (Å²) >= 11 is 0. The van der Waals surface area contributed by atoms with Gasteiger partial charge in [-0.15, -0.1) is 0 Å². The largest absolute Gasteiger partial charge is 0.496 e. The predicted molar refractivity (Wildman–Crippen MR) is 107 cm³/mol. The highest BCUT2D eigenvalue weighted by atomic mass is 16.5. The molecule has 2 amide bonds. The Balaban J connectivity index is 1.80. The lowest BCUT2D eigenvalue weighted by Crippen LogP contribution is -2.48. The lowest BCUT2D eigenvalue weighted by atomic mass is 9.91. The van der Waals surface area contributed by atoms with Crippen molar-refractivity contribution in [2.45, 2.75) is 26.7 Å². The summed E-state index contributed by atoms with van der Waals surface area (Å²) in [4.78, 5) is 24.9. The molecule has 2 N–H and O–H groups in total. The van der Waals surface area contributed by atoms with E-state index in [4.69, 9.17) is 4.74 Å². The van der Waals surface area contributed by atoms with Gasteiger partial charge < -0.3 is 15.4 Å². The van der Waals surface area contributed by atoms with E-state index in [1.54, 1.807) is 21.0 Å². The SMILES string of the molecule is COc1ccccc1CCNC(=O)C(C)(C)C(=O)NCCc1ccccc1. The molecule has 0 spiro atoms. The van der Waals surface area contributed by atoms with Gasteiger partial charge in [-0.1, -0.05) is 48.5 Å². The zero-order chi connectivity index (χ0) is 19.7. The maximum atomic E-state index is 12.5. The number of para-hydroxylation sites is 1. The van der Waals surface area contributed by atoms with E-state index < -0.39 is 5.41 Å². The Kier molecular flexibility index (Phi) is 7.41. The number of amides is 2. The topological polar surface area (TPSA) is 67.4 Å². The summed E-state index contributed by atoms with van der Waals surface area (Å²) in [6.07, 6.45) is 1.37. The normalized spacial score (nSPS) is 10.9. The first-order chi connectivity index (χ1) is 12.9. The fourth-order valence-corrected chi connectivity index (χ4v) is 2.73. The smallest absolute Gasteiger partial charge is 0.235 e. The number of rotatable bonds is 9. The second-order valence-electron chi connectivity index (χ2n) is 6.93. The zero-order valence-corrected chi connectivity index (χ0v) is 16.2. The van der Waals surface area contributed by atoms with Crippen molar-refractivity contribution in [1.29, 1.82) is 0 Å². The molecule has 0 radical (unpaired) electrons. The Bertz CT molecular complexity index is 757. The minimum atomic E-state index is -1.13. The van der Waals surface area contributed by atoms with Gasteiger partial charge in [-0.2, -0.15) is 0 Å². The molecule has 0 fully saturated rings. The van der Waals surface area contributed by atoms with Gasteiger partial charge in [0.1, 0.15) is 11.2 Å². The standard InChI is InChI=1S/C22H28N2O3/c1-22(2,20(25)23-15-13-17-9-5-4-6-10-17)21(26)24-16-14-18-11-7-8-12-19(18)27-3/h4-12H,13-16H2,1-3H3,(H,23,25)(H,24,26). The van der Waals surface area contributed by atoms with Crippen molar-refractivity contribution >= 4 is 11.8 Å². The molecule has 0 aliphatic rings. The molecule has 0 aromatic heterocycles. The molecule has 0 atom stereocenters. The summed E-state index contributed by atoms with van der Waals surface area (Å²) in [5.74, 6) is 0.243. The average molecular weight is 368 g/mol. The van der Waals surface area contributed by atoms with Crippen LogP contribution in [0.4, 0.5) is 0 Å². The molecule has 0 saturated carbocycles. The third-order valence-electron chi connectivity index (χ3n) is 4.55. The van der Waals surface area contributed by atoms with Gasteiger partial charge in [0.15, 0.2) is 0 Å². The highest BCUT2D eigenvalue weighted by Crippen LogP contribution is 2.18. The summed E-state index contributed by atoms with van der Waals surface area (Å²) in [5, 5.41) is 5.72. The molecule has 5 heteroatoms. The molecule has 2 aromatic rings. The fraction of sp³-hybridized carbons (Fsp3) is 0.364. The Morgan fingerprint density at radius 2 is 1.41 bits per heavy atom. The molecule has 27 heavy (non-hydrogen) atoms. The van der Waals surface area contributed by atoms with Crippen molar-refractivity contribution in [2.24, 2.45) is 5.41 Å². The Morgan fingerprint density at radius 3 is 2.04 bits per heavy atom. The summed E-state index contributed by atoms with van der Waals surface area (Å²) in [6.45, 7) is 4.23. The van der Waals surface area contributed by atoms with E-state index in [0.717, 1.165) is 23.3 Å². The van der Waals surface area contributed by atoms with Crippen LogP contribution in [0.25, 0.3) is 0 Å². The van der Waals surface area contributed by atoms with Gasteiger partial charge >= 0.3 is 0 Å². The zero-order valence-electron chi connectivity index (χ0n) is 16.2. The van der Waals surface area contributed by atoms with Crippen LogP contribution in [0.2, 0.25) is 0 Å². The molecule has 5 nitrogen and oxygen atoms in total. The van der Waals surface area contributed by atoms with Crippen LogP contribution >= 0.6 is 0 Å². The Morgan fingerprint density at radius 1 is 0.852 bits per heavy atom. The molecule has 2 rings (SSSR count). The first-order valence-electron chi connectivity index (χ1n) is 9.17.